The van der Waals surface area contributed by atoms with E-state index in [9.17, 15) is 4.79 Å². The molecule has 20 heavy (non-hydrogen) atoms. The summed E-state index contributed by atoms with van der Waals surface area (Å²) in [6, 6.07) is 1.90. The van der Waals surface area contributed by atoms with Gasteiger partial charge in [-0.2, -0.15) is 0 Å². The zero-order valence-electron chi connectivity index (χ0n) is 11.8. The van der Waals surface area contributed by atoms with Crippen LogP contribution in [-0.4, -0.2) is 16.3 Å². The van der Waals surface area contributed by atoms with Crippen LogP contribution in [-0.2, 0) is 0 Å². The van der Waals surface area contributed by atoms with Gasteiger partial charge in [0, 0.05) is 5.56 Å². The molecule has 2 rings (SSSR count). The van der Waals surface area contributed by atoms with Crippen molar-refractivity contribution in [2.45, 2.75) is 33.7 Å². The Kier molecular flexibility index (Phi) is 4.09. The van der Waals surface area contributed by atoms with Crippen molar-refractivity contribution in [2.75, 3.05) is 5.32 Å². The van der Waals surface area contributed by atoms with Gasteiger partial charge in [0.2, 0.25) is 0 Å². The fourth-order valence-electron chi connectivity index (χ4n) is 2.12. The molecule has 6 heteroatoms. The summed E-state index contributed by atoms with van der Waals surface area (Å²) >= 11 is 5.96. The maximum Gasteiger partial charge on any atom is 0.156 e. The Morgan fingerprint density at radius 1 is 1.35 bits per heavy atom. The molecule has 0 fully saturated rings. The number of hydrogen-bond donors (Lipinski definition) is 1. The molecular weight excluding hydrogens is 278 g/mol. The van der Waals surface area contributed by atoms with E-state index in [1.807, 2.05) is 26.8 Å². The Morgan fingerprint density at radius 3 is 2.60 bits per heavy atom. The Bertz CT molecular complexity index is 652. The standard InChI is InChI=1S/C14H16ClN3O2/c1-7-5-11(9(3)20-7)8(2)16-14-12(6-19)13(15)17-10(4)18-14/h5-6,8H,1-4H3,(H,16,17,18). The van der Waals surface area contributed by atoms with Crippen molar-refractivity contribution in [1.82, 2.24) is 9.97 Å². The van der Waals surface area contributed by atoms with Crippen molar-refractivity contribution in [2.24, 2.45) is 0 Å². The normalized spacial score (nSPS) is 12.2. The third-order valence-electron chi connectivity index (χ3n) is 3.03. The fourth-order valence-corrected chi connectivity index (χ4v) is 2.38. The van der Waals surface area contributed by atoms with Gasteiger partial charge < -0.3 is 9.73 Å². The Labute approximate surface area is 122 Å². The van der Waals surface area contributed by atoms with E-state index in [-0.39, 0.29) is 16.8 Å². The summed E-state index contributed by atoms with van der Waals surface area (Å²) in [5.74, 6) is 2.63. The number of nitrogens with one attached hydrogen (secondary N) is 1. The van der Waals surface area contributed by atoms with Crippen LogP contribution in [0.3, 0.4) is 0 Å². The van der Waals surface area contributed by atoms with Gasteiger partial charge in [0.05, 0.1) is 11.6 Å². The highest BCUT2D eigenvalue weighted by molar-refractivity contribution is 6.32. The summed E-state index contributed by atoms with van der Waals surface area (Å²) in [4.78, 5) is 19.3. The first-order valence-electron chi connectivity index (χ1n) is 6.25. The Morgan fingerprint density at radius 2 is 2.05 bits per heavy atom. The van der Waals surface area contributed by atoms with Gasteiger partial charge in [0.15, 0.2) is 6.29 Å². The van der Waals surface area contributed by atoms with E-state index in [0.29, 0.717) is 17.9 Å². The van der Waals surface area contributed by atoms with Gasteiger partial charge in [-0.05, 0) is 33.8 Å². The van der Waals surface area contributed by atoms with Gasteiger partial charge in [0.1, 0.15) is 28.3 Å². The van der Waals surface area contributed by atoms with Crippen LogP contribution < -0.4 is 5.32 Å². The fraction of sp³-hybridized carbons (Fsp3) is 0.357. The first-order chi connectivity index (χ1) is 9.42. The number of carbonyl (C=O) groups is 1. The van der Waals surface area contributed by atoms with Gasteiger partial charge in [-0.1, -0.05) is 11.6 Å². The molecule has 2 aromatic rings. The highest BCUT2D eigenvalue weighted by Gasteiger charge is 2.17. The largest absolute Gasteiger partial charge is 0.466 e. The lowest BCUT2D eigenvalue weighted by molar-refractivity contribution is 0.112. The van der Waals surface area contributed by atoms with Gasteiger partial charge in [-0.3, -0.25) is 4.79 Å². The molecule has 0 spiro atoms. The zero-order valence-corrected chi connectivity index (χ0v) is 12.6. The molecule has 0 bridgehead atoms. The van der Waals surface area contributed by atoms with Crippen molar-refractivity contribution < 1.29 is 9.21 Å². The molecule has 1 atom stereocenters. The van der Waals surface area contributed by atoms with E-state index in [2.05, 4.69) is 15.3 Å². The van der Waals surface area contributed by atoms with Gasteiger partial charge >= 0.3 is 0 Å². The van der Waals surface area contributed by atoms with Crippen molar-refractivity contribution in [3.8, 4) is 0 Å². The van der Waals surface area contributed by atoms with Crippen molar-refractivity contribution in [3.63, 3.8) is 0 Å². The second kappa shape index (κ2) is 5.63. The van der Waals surface area contributed by atoms with Crippen LogP contribution in [0.5, 0.6) is 0 Å². The molecule has 0 saturated carbocycles. The molecule has 0 aliphatic carbocycles. The van der Waals surface area contributed by atoms with Crippen LogP contribution in [0, 0.1) is 20.8 Å². The predicted molar refractivity (Wildman–Crippen MR) is 77.4 cm³/mol. The minimum Gasteiger partial charge on any atom is -0.466 e. The van der Waals surface area contributed by atoms with E-state index in [1.54, 1.807) is 6.92 Å². The molecule has 0 amide bonds. The third kappa shape index (κ3) is 2.82. The quantitative estimate of drug-likeness (QED) is 0.688. The van der Waals surface area contributed by atoms with E-state index >= 15 is 0 Å². The van der Waals surface area contributed by atoms with Crippen LogP contribution in [0.25, 0.3) is 0 Å². The van der Waals surface area contributed by atoms with Crippen LogP contribution in [0.15, 0.2) is 10.5 Å². The second-order valence-electron chi connectivity index (χ2n) is 4.68. The number of carbonyl (C=O) groups excluding carboxylic acids is 1. The van der Waals surface area contributed by atoms with Crippen LogP contribution in [0.1, 0.15) is 46.2 Å². The number of furan rings is 1. The molecule has 1 unspecified atom stereocenters. The molecule has 1 N–H and O–H groups in total. The lowest BCUT2D eigenvalue weighted by atomic mass is 10.1. The number of halogens is 1. The highest BCUT2D eigenvalue weighted by Crippen LogP contribution is 2.27. The molecule has 106 valence electrons. The third-order valence-corrected chi connectivity index (χ3v) is 3.32. The molecule has 0 aromatic carbocycles. The smallest absolute Gasteiger partial charge is 0.156 e. The average molecular weight is 294 g/mol. The maximum atomic E-state index is 11.1. The van der Waals surface area contributed by atoms with Crippen LogP contribution in [0.4, 0.5) is 5.82 Å². The number of nitrogens with zero attached hydrogens (tertiary/aromatic N) is 2. The maximum absolute atomic E-state index is 11.1. The monoisotopic (exact) mass is 293 g/mol. The van der Waals surface area contributed by atoms with E-state index in [0.717, 1.165) is 17.1 Å². The van der Waals surface area contributed by atoms with Gasteiger partial charge in [-0.15, -0.1) is 0 Å². The van der Waals surface area contributed by atoms with Gasteiger partial charge in [-0.25, -0.2) is 9.97 Å². The molecule has 2 heterocycles. The highest BCUT2D eigenvalue weighted by atomic mass is 35.5. The number of rotatable bonds is 4. The number of aryl methyl sites for hydroxylation is 3. The molecular formula is C14H16ClN3O2. The Hall–Kier alpha value is -1.88. The van der Waals surface area contributed by atoms with Crippen molar-refractivity contribution in [1.29, 1.82) is 0 Å². The van der Waals surface area contributed by atoms with E-state index < -0.39 is 0 Å². The number of anilines is 1. The van der Waals surface area contributed by atoms with Crippen molar-refractivity contribution in [3.05, 3.63) is 39.7 Å². The molecule has 2 aromatic heterocycles. The number of aldehydes is 1. The SMILES string of the molecule is Cc1nc(Cl)c(C=O)c(NC(C)c2cc(C)oc2C)n1. The predicted octanol–water partition coefficient (Wildman–Crippen LogP) is 3.63. The first-order valence-corrected chi connectivity index (χ1v) is 6.63. The second-order valence-corrected chi connectivity index (χ2v) is 5.03. The summed E-state index contributed by atoms with van der Waals surface area (Å²) in [7, 11) is 0. The van der Waals surface area contributed by atoms with Crippen LogP contribution >= 0.6 is 11.6 Å². The summed E-state index contributed by atoms with van der Waals surface area (Å²) in [5.41, 5.74) is 1.29. The van der Waals surface area contributed by atoms with Crippen LogP contribution in [0.2, 0.25) is 5.15 Å². The minimum atomic E-state index is -0.0588. The molecule has 5 nitrogen and oxygen atoms in total. The summed E-state index contributed by atoms with van der Waals surface area (Å²) < 4.78 is 5.51. The molecule has 0 aliphatic heterocycles. The molecule has 0 saturated heterocycles. The van der Waals surface area contributed by atoms with Gasteiger partial charge in [0.25, 0.3) is 0 Å². The summed E-state index contributed by atoms with van der Waals surface area (Å²) in [6.07, 6.45) is 0.657. The topological polar surface area (TPSA) is 68.0 Å². The number of hydrogen-bond acceptors (Lipinski definition) is 5. The molecule has 0 radical (unpaired) electrons. The van der Waals surface area contributed by atoms with Crippen molar-refractivity contribution >= 4 is 23.7 Å². The summed E-state index contributed by atoms with van der Waals surface area (Å²) in [6.45, 7) is 7.49. The van der Waals surface area contributed by atoms with E-state index in [4.69, 9.17) is 16.0 Å². The lowest BCUT2D eigenvalue weighted by Gasteiger charge is -2.16. The lowest BCUT2D eigenvalue weighted by Crippen LogP contribution is -2.12. The molecule has 0 aliphatic rings. The van der Waals surface area contributed by atoms with E-state index in [1.165, 1.54) is 0 Å². The first kappa shape index (κ1) is 14.5. The number of aromatic nitrogens is 2. The average Bonchev–Trinajstić information content (AvgIpc) is 2.68. The zero-order chi connectivity index (χ0) is 14.9. The minimum absolute atomic E-state index is 0.0588. The Balaban J connectivity index is 2.34. The summed E-state index contributed by atoms with van der Waals surface area (Å²) in [5, 5.41) is 3.34.